The van der Waals surface area contributed by atoms with Gasteiger partial charge in [0.05, 0.1) is 23.0 Å². The van der Waals surface area contributed by atoms with E-state index in [0.717, 1.165) is 61.8 Å². The predicted octanol–water partition coefficient (Wildman–Crippen LogP) is 6.22. The number of carbonyl (C=O) groups excluding carboxylic acids is 2. The highest BCUT2D eigenvalue weighted by Gasteiger charge is 2.50. The minimum Gasteiger partial charge on any atom is -0.444 e. The zero-order valence-electron chi connectivity index (χ0n) is 27.1. The van der Waals surface area contributed by atoms with Gasteiger partial charge in [0.15, 0.2) is 0 Å². The Kier molecular flexibility index (Phi) is 7.97. The molecular formula is C35H46FN5O3. The minimum absolute atomic E-state index is 0.0136. The van der Waals surface area contributed by atoms with Crippen LogP contribution in [-0.4, -0.2) is 86.7 Å². The van der Waals surface area contributed by atoms with Crippen LogP contribution in [0.1, 0.15) is 75.4 Å². The van der Waals surface area contributed by atoms with Crippen molar-refractivity contribution in [3.8, 4) is 5.69 Å². The molecule has 0 N–H and O–H groups in total. The number of halogens is 1. The van der Waals surface area contributed by atoms with E-state index < -0.39 is 11.4 Å². The lowest BCUT2D eigenvalue weighted by atomic mass is 9.97. The smallest absolute Gasteiger partial charge is 0.410 e. The summed E-state index contributed by atoms with van der Waals surface area (Å²) in [5, 5.41) is 1.16. The summed E-state index contributed by atoms with van der Waals surface area (Å²) >= 11 is 0. The molecule has 6 rings (SSSR count). The van der Waals surface area contributed by atoms with E-state index in [2.05, 4.69) is 23.0 Å². The van der Waals surface area contributed by atoms with Gasteiger partial charge in [-0.2, -0.15) is 0 Å². The Bertz CT molecular complexity index is 1580. The molecule has 2 aromatic heterocycles. The maximum absolute atomic E-state index is 14.5. The Hall–Kier alpha value is -3.46. The van der Waals surface area contributed by atoms with Crippen LogP contribution in [0.2, 0.25) is 0 Å². The molecule has 2 saturated heterocycles. The van der Waals surface area contributed by atoms with Gasteiger partial charge in [-0.15, -0.1) is 0 Å². The molecule has 1 aliphatic carbocycles. The summed E-state index contributed by atoms with van der Waals surface area (Å²) in [5.74, 6) is 0.367. The molecule has 3 aromatic rings. The van der Waals surface area contributed by atoms with Crippen LogP contribution in [0.3, 0.4) is 0 Å². The van der Waals surface area contributed by atoms with Gasteiger partial charge < -0.3 is 19.1 Å². The highest BCUT2D eigenvalue weighted by molar-refractivity contribution is 5.99. The molecular weight excluding hydrogens is 557 g/mol. The Balaban J connectivity index is 1.21. The molecule has 8 nitrogen and oxygen atoms in total. The molecule has 44 heavy (non-hydrogen) atoms. The van der Waals surface area contributed by atoms with Gasteiger partial charge in [-0.3, -0.25) is 14.7 Å². The molecule has 3 unspecified atom stereocenters. The van der Waals surface area contributed by atoms with Crippen LogP contribution in [0.25, 0.3) is 16.6 Å². The standard InChI is InChI=1S/C35H46FN5O3/c1-21(2)38(7)33(42)28-14-26(36)8-9-29(28)41-20-25(32-22(3)16-37-17-31(32)41)12-23-10-11-39(18-23)30-15-27-13-24(30)19-40(27)34(43)44-35(4,5)6/h8-9,14,16-17,20-21,23-24,27,30H,10-13,15,18-19H2,1-7H3/t23-,24?,27?,30?/m0/s1. The third-order valence-electron chi connectivity index (χ3n) is 9.95. The second-order valence-electron chi connectivity index (χ2n) is 14.5. The highest BCUT2D eigenvalue weighted by atomic mass is 19.1. The largest absolute Gasteiger partial charge is 0.444 e. The molecule has 2 bridgehead atoms. The lowest BCUT2D eigenvalue weighted by molar-refractivity contribution is 0.0133. The summed E-state index contributed by atoms with van der Waals surface area (Å²) in [4.78, 5) is 37.0. The number of ether oxygens (including phenoxy) is 1. The summed E-state index contributed by atoms with van der Waals surface area (Å²) in [5.41, 5.74) is 3.78. The number of aryl methyl sites for hydroxylation is 1. The first kappa shape index (κ1) is 30.6. The Morgan fingerprint density at radius 2 is 1.93 bits per heavy atom. The van der Waals surface area contributed by atoms with Gasteiger partial charge >= 0.3 is 6.09 Å². The van der Waals surface area contributed by atoms with E-state index in [0.29, 0.717) is 29.1 Å². The van der Waals surface area contributed by atoms with E-state index >= 15 is 0 Å². The Labute approximate surface area is 260 Å². The van der Waals surface area contributed by atoms with Crippen molar-refractivity contribution in [3.63, 3.8) is 0 Å². The van der Waals surface area contributed by atoms with Crippen LogP contribution >= 0.6 is 0 Å². The van der Waals surface area contributed by atoms with Crippen LogP contribution in [0.4, 0.5) is 9.18 Å². The van der Waals surface area contributed by atoms with Gasteiger partial charge in [0.1, 0.15) is 11.4 Å². The topological polar surface area (TPSA) is 70.9 Å². The van der Waals surface area contributed by atoms with E-state index in [9.17, 15) is 14.0 Å². The lowest BCUT2D eigenvalue weighted by Crippen LogP contribution is -2.48. The van der Waals surface area contributed by atoms with E-state index in [-0.39, 0.29) is 24.1 Å². The van der Waals surface area contributed by atoms with Crippen LogP contribution < -0.4 is 0 Å². The maximum atomic E-state index is 14.5. The Morgan fingerprint density at radius 3 is 2.61 bits per heavy atom. The van der Waals surface area contributed by atoms with Gasteiger partial charge in [0, 0.05) is 56.0 Å². The van der Waals surface area contributed by atoms with Crippen LogP contribution in [0.5, 0.6) is 0 Å². The average molecular weight is 604 g/mol. The van der Waals surface area contributed by atoms with Crippen LogP contribution in [0.15, 0.2) is 36.8 Å². The summed E-state index contributed by atoms with van der Waals surface area (Å²) in [6.07, 6.45) is 9.84. The molecule has 0 spiro atoms. The summed E-state index contributed by atoms with van der Waals surface area (Å²) < 4.78 is 22.2. The third kappa shape index (κ3) is 5.71. The van der Waals surface area contributed by atoms with Crippen molar-refractivity contribution in [1.29, 1.82) is 0 Å². The molecule has 4 atom stereocenters. The summed E-state index contributed by atoms with van der Waals surface area (Å²) in [7, 11) is 1.75. The number of fused-ring (bicyclic) bond motifs is 3. The molecule has 3 aliphatic rings. The first-order chi connectivity index (χ1) is 20.8. The number of hydrogen-bond acceptors (Lipinski definition) is 5. The fourth-order valence-corrected chi connectivity index (χ4v) is 7.67. The summed E-state index contributed by atoms with van der Waals surface area (Å²) in [6.45, 7) is 14.6. The number of amides is 2. The quantitative estimate of drug-likeness (QED) is 0.335. The number of carbonyl (C=O) groups is 2. The molecule has 2 aliphatic heterocycles. The monoisotopic (exact) mass is 603 g/mol. The average Bonchev–Trinajstić information content (AvgIpc) is 3.75. The van der Waals surface area contributed by atoms with Crippen molar-refractivity contribution < 1.29 is 18.7 Å². The SMILES string of the molecule is Cc1cncc2c1c(C[C@@H]1CCN(C3CC4CC3CN4C(=O)OC(C)(C)C)C1)cn2-c1ccc(F)cc1C(=O)N(C)C(C)C. The fourth-order valence-electron chi connectivity index (χ4n) is 7.67. The van der Waals surface area contributed by atoms with E-state index in [1.54, 1.807) is 18.0 Å². The number of piperidine rings is 1. The zero-order chi connectivity index (χ0) is 31.5. The van der Waals surface area contributed by atoms with Crippen molar-refractivity contribution in [2.75, 3.05) is 26.7 Å². The molecule has 4 heterocycles. The first-order valence-electron chi connectivity index (χ1n) is 16.1. The van der Waals surface area contributed by atoms with Gasteiger partial charge in [-0.25, -0.2) is 9.18 Å². The van der Waals surface area contributed by atoms with Gasteiger partial charge in [-0.1, -0.05) is 0 Å². The maximum Gasteiger partial charge on any atom is 0.410 e. The second kappa shape index (κ2) is 11.5. The predicted molar refractivity (Wildman–Crippen MR) is 170 cm³/mol. The molecule has 1 saturated carbocycles. The highest BCUT2D eigenvalue weighted by Crippen LogP contribution is 2.43. The molecule has 2 amide bonds. The molecule has 9 heteroatoms. The lowest BCUT2D eigenvalue weighted by Gasteiger charge is -2.37. The van der Waals surface area contributed by atoms with E-state index in [1.165, 1.54) is 17.7 Å². The Morgan fingerprint density at radius 1 is 1.16 bits per heavy atom. The fraction of sp³-hybridized carbons (Fsp3) is 0.571. The molecule has 3 fully saturated rings. The normalized spacial score (nSPS) is 23.7. The van der Waals surface area contributed by atoms with Crippen molar-refractivity contribution in [2.24, 2.45) is 11.8 Å². The number of hydrogen-bond donors (Lipinski definition) is 0. The number of rotatable bonds is 6. The number of likely N-dealkylation sites (tertiary alicyclic amines) is 2. The molecule has 0 radical (unpaired) electrons. The number of nitrogens with zero attached hydrogens (tertiary/aromatic N) is 5. The van der Waals surface area contributed by atoms with Crippen molar-refractivity contribution in [1.82, 2.24) is 24.3 Å². The van der Waals surface area contributed by atoms with Gasteiger partial charge in [0.2, 0.25) is 0 Å². The van der Waals surface area contributed by atoms with E-state index in [1.807, 2.05) is 56.5 Å². The minimum atomic E-state index is -0.476. The van der Waals surface area contributed by atoms with Crippen molar-refractivity contribution in [3.05, 3.63) is 59.3 Å². The van der Waals surface area contributed by atoms with Gasteiger partial charge in [0.25, 0.3) is 5.91 Å². The number of benzene rings is 1. The molecule has 1 aromatic carbocycles. The van der Waals surface area contributed by atoms with Crippen LogP contribution in [-0.2, 0) is 11.2 Å². The summed E-state index contributed by atoms with van der Waals surface area (Å²) in [6, 6.07) is 5.25. The van der Waals surface area contributed by atoms with Crippen molar-refractivity contribution >= 4 is 22.9 Å². The van der Waals surface area contributed by atoms with Gasteiger partial charge in [-0.05, 0) is 115 Å². The number of aromatic nitrogens is 2. The zero-order valence-corrected chi connectivity index (χ0v) is 27.1. The van der Waals surface area contributed by atoms with Crippen LogP contribution in [0, 0.1) is 24.6 Å². The van der Waals surface area contributed by atoms with E-state index in [4.69, 9.17) is 4.74 Å². The third-order valence-corrected chi connectivity index (χ3v) is 9.95. The molecule has 236 valence electrons. The first-order valence-corrected chi connectivity index (χ1v) is 16.1. The number of pyridine rings is 1. The second-order valence-corrected chi connectivity index (χ2v) is 14.5. The van der Waals surface area contributed by atoms with Crippen molar-refractivity contribution in [2.45, 2.75) is 91.0 Å².